The largest absolute Gasteiger partial charge is 0.490 e. The number of benzene rings is 2. The zero-order valence-electron chi connectivity index (χ0n) is 15.4. The number of hydrogen-bond donors (Lipinski definition) is 1. The predicted octanol–water partition coefficient (Wildman–Crippen LogP) is 4.31. The smallest absolute Gasteiger partial charge is 0.255 e. The monoisotopic (exact) mass is 403 g/mol. The second kappa shape index (κ2) is 8.71. The van der Waals surface area contributed by atoms with Crippen LogP contribution in [0.15, 0.2) is 36.4 Å². The van der Waals surface area contributed by atoms with Crippen LogP contribution in [0.1, 0.15) is 29.6 Å². The van der Waals surface area contributed by atoms with E-state index in [9.17, 15) is 4.79 Å². The van der Waals surface area contributed by atoms with Gasteiger partial charge < -0.3 is 24.3 Å². The minimum Gasteiger partial charge on any atom is -0.490 e. The molecule has 0 unspecified atom stereocenters. The number of carbonyl (C=O) groups is 1. The molecule has 0 bridgehead atoms. The Bertz CT molecular complexity index is 851. The van der Waals surface area contributed by atoms with Gasteiger partial charge in [-0.25, -0.2) is 0 Å². The summed E-state index contributed by atoms with van der Waals surface area (Å²) < 4.78 is 22.7. The van der Waals surface area contributed by atoms with Crippen LogP contribution in [0.5, 0.6) is 17.2 Å². The van der Waals surface area contributed by atoms with Gasteiger partial charge in [0.15, 0.2) is 11.5 Å². The number of ether oxygens (including phenoxy) is 4. The number of halogens is 1. The van der Waals surface area contributed by atoms with Crippen LogP contribution in [-0.2, 0) is 4.74 Å². The first kappa shape index (κ1) is 18.9. The Hall–Kier alpha value is -2.44. The number of amides is 1. The summed E-state index contributed by atoms with van der Waals surface area (Å²) in [4.78, 5) is 12.8. The highest BCUT2D eigenvalue weighted by molar-refractivity contribution is 6.31. The van der Waals surface area contributed by atoms with Crippen LogP contribution in [0, 0.1) is 0 Å². The lowest BCUT2D eigenvalue weighted by atomic mass is 10.1. The Morgan fingerprint density at radius 2 is 1.93 bits per heavy atom. The molecule has 2 aromatic rings. The summed E-state index contributed by atoms with van der Waals surface area (Å²) in [5, 5.41) is 3.39. The van der Waals surface area contributed by atoms with E-state index in [0.29, 0.717) is 53.3 Å². The molecule has 2 aliphatic heterocycles. The molecular weight excluding hydrogens is 382 g/mol. The van der Waals surface area contributed by atoms with E-state index in [1.165, 1.54) is 0 Å². The molecule has 0 aromatic heterocycles. The molecule has 1 fully saturated rings. The summed E-state index contributed by atoms with van der Waals surface area (Å²) in [7, 11) is 0. The summed E-state index contributed by atoms with van der Waals surface area (Å²) in [6.45, 7) is 2.37. The quantitative estimate of drug-likeness (QED) is 0.805. The normalized spacial score (nSPS) is 18.4. The number of fused-ring (bicyclic) bond motifs is 1. The first-order valence-corrected chi connectivity index (χ1v) is 9.82. The standard InChI is InChI=1S/C21H22ClNO5/c22-15-5-7-18(28-13-16-3-1-8-25-16)17(12-15)23-21(24)14-4-6-19-20(11-14)27-10-2-9-26-19/h4-7,11-12,16H,1-3,8-10,13H2,(H,23,24)/t16-/m0/s1. The Kier molecular flexibility index (Phi) is 5.88. The van der Waals surface area contributed by atoms with E-state index in [1.807, 2.05) is 0 Å². The first-order chi connectivity index (χ1) is 13.7. The predicted molar refractivity (Wildman–Crippen MR) is 106 cm³/mol. The van der Waals surface area contributed by atoms with Crippen molar-refractivity contribution in [1.29, 1.82) is 0 Å². The van der Waals surface area contributed by atoms with Crippen LogP contribution < -0.4 is 19.5 Å². The molecule has 1 N–H and O–H groups in total. The lowest BCUT2D eigenvalue weighted by Crippen LogP contribution is -2.18. The maximum atomic E-state index is 12.8. The fourth-order valence-electron chi connectivity index (χ4n) is 3.18. The molecule has 1 amide bonds. The zero-order chi connectivity index (χ0) is 19.3. The summed E-state index contributed by atoms with van der Waals surface area (Å²) in [5.74, 6) is 1.51. The highest BCUT2D eigenvalue weighted by atomic mass is 35.5. The van der Waals surface area contributed by atoms with Gasteiger partial charge in [0.2, 0.25) is 0 Å². The number of rotatable bonds is 5. The molecule has 2 aliphatic rings. The third kappa shape index (κ3) is 4.51. The van der Waals surface area contributed by atoms with E-state index in [2.05, 4.69) is 5.32 Å². The van der Waals surface area contributed by atoms with Crippen molar-refractivity contribution in [3.05, 3.63) is 47.0 Å². The zero-order valence-corrected chi connectivity index (χ0v) is 16.2. The minimum atomic E-state index is -0.278. The average molecular weight is 404 g/mol. The van der Waals surface area contributed by atoms with Gasteiger partial charge in [-0.1, -0.05) is 11.6 Å². The molecule has 2 aromatic carbocycles. The van der Waals surface area contributed by atoms with Gasteiger partial charge in [-0.2, -0.15) is 0 Å². The van der Waals surface area contributed by atoms with E-state index >= 15 is 0 Å². The van der Waals surface area contributed by atoms with E-state index in [0.717, 1.165) is 25.9 Å². The van der Waals surface area contributed by atoms with Gasteiger partial charge in [0.05, 0.1) is 25.0 Å². The first-order valence-electron chi connectivity index (χ1n) is 9.44. The highest BCUT2D eigenvalue weighted by Crippen LogP contribution is 2.32. The number of anilines is 1. The van der Waals surface area contributed by atoms with Crippen molar-refractivity contribution in [2.75, 3.05) is 31.7 Å². The van der Waals surface area contributed by atoms with Crippen molar-refractivity contribution < 1.29 is 23.7 Å². The molecule has 7 heteroatoms. The third-order valence-corrected chi connectivity index (χ3v) is 4.88. The third-order valence-electron chi connectivity index (χ3n) is 4.65. The van der Waals surface area contributed by atoms with E-state index < -0.39 is 0 Å². The number of nitrogens with one attached hydrogen (secondary N) is 1. The maximum absolute atomic E-state index is 12.8. The summed E-state index contributed by atoms with van der Waals surface area (Å²) in [6, 6.07) is 10.3. The SMILES string of the molecule is O=C(Nc1cc(Cl)ccc1OC[C@@H]1CCCO1)c1ccc2c(c1)OCCCO2. The summed E-state index contributed by atoms with van der Waals surface area (Å²) in [6.07, 6.45) is 2.92. The molecule has 6 nitrogen and oxygen atoms in total. The fourth-order valence-corrected chi connectivity index (χ4v) is 3.36. The molecule has 148 valence electrons. The average Bonchev–Trinajstić information content (AvgIpc) is 3.10. The highest BCUT2D eigenvalue weighted by Gasteiger charge is 2.19. The lowest BCUT2D eigenvalue weighted by Gasteiger charge is -2.16. The molecular formula is C21H22ClNO5. The van der Waals surface area contributed by atoms with Gasteiger partial charge in [-0.15, -0.1) is 0 Å². The molecule has 4 rings (SSSR count). The van der Waals surface area contributed by atoms with E-state index in [1.54, 1.807) is 36.4 Å². The van der Waals surface area contributed by atoms with Gasteiger partial charge in [0.25, 0.3) is 5.91 Å². The molecule has 28 heavy (non-hydrogen) atoms. The summed E-state index contributed by atoms with van der Waals surface area (Å²) in [5.41, 5.74) is 0.983. The van der Waals surface area contributed by atoms with Gasteiger partial charge >= 0.3 is 0 Å². The van der Waals surface area contributed by atoms with Crippen LogP contribution in [0.2, 0.25) is 5.02 Å². The van der Waals surface area contributed by atoms with Crippen LogP contribution in [0.4, 0.5) is 5.69 Å². The van der Waals surface area contributed by atoms with Gasteiger partial charge in [0, 0.05) is 23.6 Å². The van der Waals surface area contributed by atoms with Crippen molar-refractivity contribution in [2.24, 2.45) is 0 Å². The van der Waals surface area contributed by atoms with Gasteiger partial charge in [0.1, 0.15) is 12.4 Å². The molecule has 0 spiro atoms. The molecule has 1 saturated heterocycles. The molecule has 1 atom stereocenters. The van der Waals surface area contributed by atoms with Gasteiger partial charge in [-0.05, 0) is 49.2 Å². The molecule has 2 heterocycles. The summed E-state index contributed by atoms with van der Waals surface area (Å²) >= 11 is 6.12. The van der Waals surface area contributed by atoms with Crippen LogP contribution in [0.25, 0.3) is 0 Å². The number of hydrogen-bond acceptors (Lipinski definition) is 5. The lowest BCUT2D eigenvalue weighted by molar-refractivity contribution is 0.0682. The van der Waals surface area contributed by atoms with Crippen LogP contribution in [0.3, 0.4) is 0 Å². The van der Waals surface area contributed by atoms with Crippen molar-refractivity contribution in [1.82, 2.24) is 0 Å². The van der Waals surface area contributed by atoms with Crippen molar-refractivity contribution >= 4 is 23.2 Å². The van der Waals surface area contributed by atoms with Crippen molar-refractivity contribution in [3.63, 3.8) is 0 Å². The maximum Gasteiger partial charge on any atom is 0.255 e. The molecule has 0 saturated carbocycles. The minimum absolute atomic E-state index is 0.0842. The van der Waals surface area contributed by atoms with E-state index in [-0.39, 0.29) is 12.0 Å². The van der Waals surface area contributed by atoms with Crippen molar-refractivity contribution in [2.45, 2.75) is 25.4 Å². The Labute approximate surface area is 168 Å². The van der Waals surface area contributed by atoms with Crippen molar-refractivity contribution in [3.8, 4) is 17.2 Å². The Morgan fingerprint density at radius 3 is 2.75 bits per heavy atom. The van der Waals surface area contributed by atoms with Crippen LogP contribution >= 0.6 is 11.6 Å². The van der Waals surface area contributed by atoms with E-state index in [4.69, 9.17) is 30.5 Å². The van der Waals surface area contributed by atoms with Gasteiger partial charge in [-0.3, -0.25) is 4.79 Å². The Balaban J connectivity index is 1.49. The molecule has 0 aliphatic carbocycles. The second-order valence-electron chi connectivity index (χ2n) is 6.75. The Morgan fingerprint density at radius 1 is 1.07 bits per heavy atom. The molecule has 0 radical (unpaired) electrons. The topological polar surface area (TPSA) is 66.0 Å². The second-order valence-corrected chi connectivity index (χ2v) is 7.19. The fraction of sp³-hybridized carbons (Fsp3) is 0.381. The number of carbonyl (C=O) groups excluding carboxylic acids is 1. The van der Waals surface area contributed by atoms with Crippen LogP contribution in [-0.4, -0.2) is 38.4 Å².